The maximum Gasteiger partial charge on any atom is 0.270 e. The van der Waals surface area contributed by atoms with Crippen LogP contribution in [-0.2, 0) is 6.54 Å². The van der Waals surface area contributed by atoms with Gasteiger partial charge in [0, 0.05) is 12.6 Å². The van der Waals surface area contributed by atoms with E-state index in [0.717, 1.165) is 29.8 Å². The Hall–Kier alpha value is -2.56. The van der Waals surface area contributed by atoms with E-state index in [1.165, 1.54) is 25.7 Å². The largest absolute Gasteiger partial charge is 0.497 e. The summed E-state index contributed by atoms with van der Waals surface area (Å²) in [4.78, 5) is 16.7. The number of anilines is 1. The van der Waals surface area contributed by atoms with Crippen molar-refractivity contribution < 1.29 is 9.53 Å². The van der Waals surface area contributed by atoms with E-state index in [4.69, 9.17) is 4.74 Å². The van der Waals surface area contributed by atoms with Gasteiger partial charge in [0.1, 0.15) is 11.4 Å². The van der Waals surface area contributed by atoms with Gasteiger partial charge >= 0.3 is 0 Å². The Morgan fingerprint density at radius 2 is 1.81 bits per heavy atom. The molecule has 1 heterocycles. The van der Waals surface area contributed by atoms with E-state index in [1.807, 2.05) is 30.3 Å². The lowest BCUT2D eigenvalue weighted by Gasteiger charge is -2.16. The molecule has 0 bridgehead atoms. The Kier molecular flexibility index (Phi) is 6.47. The second-order valence-corrected chi connectivity index (χ2v) is 6.80. The molecule has 138 valence electrons. The fourth-order valence-corrected chi connectivity index (χ4v) is 3.26. The van der Waals surface area contributed by atoms with Crippen LogP contribution in [0.15, 0.2) is 42.6 Å². The summed E-state index contributed by atoms with van der Waals surface area (Å²) in [5.41, 5.74) is 2.53. The van der Waals surface area contributed by atoms with Crippen molar-refractivity contribution in [3.05, 3.63) is 53.9 Å². The number of pyridine rings is 1. The molecule has 26 heavy (non-hydrogen) atoms. The van der Waals surface area contributed by atoms with Crippen LogP contribution < -0.4 is 15.4 Å². The van der Waals surface area contributed by atoms with E-state index in [1.54, 1.807) is 19.4 Å². The van der Waals surface area contributed by atoms with Gasteiger partial charge in [0.15, 0.2) is 0 Å². The number of carbonyl (C=O) groups is 1. The van der Waals surface area contributed by atoms with E-state index >= 15 is 0 Å². The molecule has 1 fully saturated rings. The number of hydrogen-bond donors (Lipinski definition) is 2. The predicted molar refractivity (Wildman–Crippen MR) is 104 cm³/mol. The van der Waals surface area contributed by atoms with Crippen molar-refractivity contribution in [3.63, 3.8) is 0 Å². The molecule has 0 saturated heterocycles. The van der Waals surface area contributed by atoms with Crippen LogP contribution >= 0.6 is 0 Å². The number of nitrogens with one attached hydrogen (secondary N) is 2. The fraction of sp³-hybridized carbons (Fsp3) is 0.429. The van der Waals surface area contributed by atoms with Gasteiger partial charge in [0.05, 0.1) is 19.0 Å². The van der Waals surface area contributed by atoms with Crippen LogP contribution in [-0.4, -0.2) is 24.0 Å². The number of hydrogen-bond acceptors (Lipinski definition) is 4. The molecule has 1 amide bonds. The lowest BCUT2D eigenvalue weighted by atomic mass is 10.1. The van der Waals surface area contributed by atoms with E-state index in [-0.39, 0.29) is 5.91 Å². The van der Waals surface area contributed by atoms with Gasteiger partial charge < -0.3 is 15.4 Å². The zero-order valence-corrected chi connectivity index (χ0v) is 15.3. The van der Waals surface area contributed by atoms with Crippen LogP contribution in [0.4, 0.5) is 5.69 Å². The molecule has 0 unspecified atom stereocenters. The number of aromatic nitrogens is 1. The van der Waals surface area contributed by atoms with Gasteiger partial charge in [0.2, 0.25) is 0 Å². The molecule has 1 saturated carbocycles. The lowest BCUT2D eigenvalue weighted by Crippen LogP contribution is -2.34. The zero-order valence-electron chi connectivity index (χ0n) is 15.3. The highest BCUT2D eigenvalue weighted by Gasteiger charge is 2.16. The van der Waals surface area contributed by atoms with Crippen molar-refractivity contribution in [2.45, 2.75) is 51.1 Å². The van der Waals surface area contributed by atoms with Gasteiger partial charge in [-0.2, -0.15) is 0 Å². The Morgan fingerprint density at radius 1 is 1.08 bits per heavy atom. The molecule has 2 aromatic rings. The molecular weight excluding hydrogens is 326 g/mol. The topological polar surface area (TPSA) is 63.2 Å². The molecular formula is C21H27N3O2. The summed E-state index contributed by atoms with van der Waals surface area (Å²) >= 11 is 0. The van der Waals surface area contributed by atoms with E-state index in [2.05, 4.69) is 15.6 Å². The minimum atomic E-state index is -0.0707. The predicted octanol–water partition coefficient (Wildman–Crippen LogP) is 4.15. The van der Waals surface area contributed by atoms with Gasteiger partial charge in [-0.25, -0.2) is 4.98 Å². The summed E-state index contributed by atoms with van der Waals surface area (Å²) in [6.07, 6.45) is 8.82. The summed E-state index contributed by atoms with van der Waals surface area (Å²) in [5.74, 6) is 0.776. The number of benzene rings is 1. The molecule has 3 rings (SSSR count). The van der Waals surface area contributed by atoms with Gasteiger partial charge in [-0.3, -0.25) is 4.79 Å². The summed E-state index contributed by atoms with van der Waals surface area (Å²) in [6, 6.07) is 11.9. The second-order valence-electron chi connectivity index (χ2n) is 6.80. The first-order valence-electron chi connectivity index (χ1n) is 9.38. The fourth-order valence-electron chi connectivity index (χ4n) is 3.26. The standard InChI is InChI=1S/C21H27N3O2/c1-26-19-11-8-16(9-12-19)14-22-18-10-13-20(23-15-18)21(25)24-17-6-4-2-3-5-7-17/h8-13,15,17,22H,2-7,14H2,1H3,(H,24,25). The third-order valence-corrected chi connectivity index (χ3v) is 4.84. The van der Waals surface area contributed by atoms with Gasteiger partial charge in [-0.05, 0) is 42.7 Å². The molecule has 1 aromatic carbocycles. The number of ether oxygens (including phenoxy) is 1. The summed E-state index contributed by atoms with van der Waals surface area (Å²) in [5, 5.41) is 6.45. The summed E-state index contributed by atoms with van der Waals surface area (Å²) in [7, 11) is 1.66. The van der Waals surface area contributed by atoms with Gasteiger partial charge in [-0.1, -0.05) is 37.8 Å². The zero-order chi connectivity index (χ0) is 18.2. The number of rotatable bonds is 6. The van der Waals surface area contributed by atoms with Crippen LogP contribution in [0.1, 0.15) is 54.6 Å². The van der Waals surface area contributed by atoms with Crippen molar-refractivity contribution in [1.82, 2.24) is 10.3 Å². The molecule has 1 aliphatic rings. The molecule has 5 nitrogen and oxygen atoms in total. The van der Waals surface area contributed by atoms with E-state index < -0.39 is 0 Å². The third-order valence-electron chi connectivity index (χ3n) is 4.84. The maximum atomic E-state index is 12.4. The first-order valence-corrected chi connectivity index (χ1v) is 9.38. The first kappa shape index (κ1) is 18.2. The number of methoxy groups -OCH3 is 1. The van der Waals surface area contributed by atoms with Crippen molar-refractivity contribution in [2.75, 3.05) is 12.4 Å². The van der Waals surface area contributed by atoms with Gasteiger partial charge in [0.25, 0.3) is 5.91 Å². The summed E-state index contributed by atoms with van der Waals surface area (Å²) in [6.45, 7) is 0.694. The monoisotopic (exact) mass is 353 g/mol. The average molecular weight is 353 g/mol. The minimum absolute atomic E-state index is 0.0707. The van der Waals surface area contributed by atoms with Crippen molar-refractivity contribution >= 4 is 11.6 Å². The quantitative estimate of drug-likeness (QED) is 0.766. The number of amides is 1. The molecule has 0 aliphatic heterocycles. The van der Waals surface area contributed by atoms with Crippen LogP contribution in [0.5, 0.6) is 5.75 Å². The highest BCUT2D eigenvalue weighted by atomic mass is 16.5. The smallest absolute Gasteiger partial charge is 0.270 e. The highest BCUT2D eigenvalue weighted by Crippen LogP contribution is 2.18. The maximum absolute atomic E-state index is 12.4. The molecule has 0 radical (unpaired) electrons. The number of carbonyl (C=O) groups excluding carboxylic acids is 1. The average Bonchev–Trinajstić information content (AvgIpc) is 2.96. The van der Waals surface area contributed by atoms with Crippen LogP contribution in [0.25, 0.3) is 0 Å². The van der Waals surface area contributed by atoms with Gasteiger partial charge in [-0.15, -0.1) is 0 Å². The van der Waals surface area contributed by atoms with E-state index in [0.29, 0.717) is 18.3 Å². The van der Waals surface area contributed by atoms with Crippen molar-refractivity contribution in [2.24, 2.45) is 0 Å². The Bertz CT molecular complexity index is 690. The van der Waals surface area contributed by atoms with E-state index in [9.17, 15) is 4.79 Å². The molecule has 2 N–H and O–H groups in total. The summed E-state index contributed by atoms with van der Waals surface area (Å²) < 4.78 is 5.16. The van der Waals surface area contributed by atoms with Crippen molar-refractivity contribution in [1.29, 1.82) is 0 Å². The Morgan fingerprint density at radius 3 is 2.42 bits per heavy atom. The second kappa shape index (κ2) is 9.22. The van der Waals surface area contributed by atoms with Crippen LogP contribution in [0, 0.1) is 0 Å². The van der Waals surface area contributed by atoms with Crippen LogP contribution in [0.3, 0.4) is 0 Å². The molecule has 0 spiro atoms. The SMILES string of the molecule is COc1ccc(CNc2ccc(C(=O)NC3CCCCCC3)nc2)cc1. The first-order chi connectivity index (χ1) is 12.7. The number of nitrogens with zero attached hydrogens (tertiary/aromatic N) is 1. The molecule has 5 heteroatoms. The third kappa shape index (κ3) is 5.22. The molecule has 1 aliphatic carbocycles. The lowest BCUT2D eigenvalue weighted by molar-refractivity contribution is 0.0928. The Balaban J connectivity index is 1.51. The molecule has 0 atom stereocenters. The van der Waals surface area contributed by atoms with Crippen LogP contribution in [0.2, 0.25) is 0 Å². The highest BCUT2D eigenvalue weighted by molar-refractivity contribution is 5.92. The van der Waals surface area contributed by atoms with Crippen molar-refractivity contribution in [3.8, 4) is 5.75 Å². The molecule has 1 aromatic heterocycles. The Labute approximate surface area is 155 Å². The minimum Gasteiger partial charge on any atom is -0.497 e. The normalized spacial score (nSPS) is 15.1.